The lowest BCUT2D eigenvalue weighted by Crippen LogP contribution is -2.28. The van der Waals surface area contributed by atoms with Crippen molar-refractivity contribution in [2.45, 2.75) is 39.5 Å². The molecule has 1 heterocycles. The predicted molar refractivity (Wildman–Crippen MR) is 98.6 cm³/mol. The third-order valence-electron chi connectivity index (χ3n) is 4.27. The Bertz CT molecular complexity index is 680. The SMILES string of the molecule is Cc1nc(C(C)(C)c2ccccc2)sc1C(=O)NCC(C)CCO. The van der Waals surface area contributed by atoms with Crippen LogP contribution in [0.15, 0.2) is 30.3 Å². The summed E-state index contributed by atoms with van der Waals surface area (Å²) in [4.78, 5) is 17.8. The van der Waals surface area contributed by atoms with Crippen LogP contribution in [0.2, 0.25) is 0 Å². The van der Waals surface area contributed by atoms with Crippen molar-refractivity contribution in [3.8, 4) is 0 Å². The quantitative estimate of drug-likeness (QED) is 0.806. The number of hydrogen-bond acceptors (Lipinski definition) is 4. The zero-order valence-corrected chi connectivity index (χ0v) is 15.6. The van der Waals surface area contributed by atoms with Gasteiger partial charge in [0.15, 0.2) is 0 Å². The lowest BCUT2D eigenvalue weighted by atomic mass is 9.85. The zero-order chi connectivity index (χ0) is 17.7. The molecule has 1 unspecified atom stereocenters. The Morgan fingerprint density at radius 1 is 1.33 bits per heavy atom. The third kappa shape index (κ3) is 4.22. The number of hydrogen-bond donors (Lipinski definition) is 2. The van der Waals surface area contributed by atoms with E-state index in [-0.39, 0.29) is 23.8 Å². The molecule has 1 aromatic heterocycles. The van der Waals surface area contributed by atoms with E-state index in [9.17, 15) is 4.79 Å². The summed E-state index contributed by atoms with van der Waals surface area (Å²) in [5.74, 6) is 0.178. The van der Waals surface area contributed by atoms with E-state index in [1.54, 1.807) is 0 Å². The number of benzene rings is 1. The molecule has 2 rings (SSSR count). The molecule has 4 nitrogen and oxygen atoms in total. The third-order valence-corrected chi connectivity index (χ3v) is 5.75. The number of nitrogens with one attached hydrogen (secondary N) is 1. The van der Waals surface area contributed by atoms with Crippen molar-refractivity contribution in [3.05, 3.63) is 51.5 Å². The molecule has 0 bridgehead atoms. The second-order valence-electron chi connectivity index (χ2n) is 6.75. The van der Waals surface area contributed by atoms with E-state index in [4.69, 9.17) is 5.11 Å². The van der Waals surface area contributed by atoms with Crippen LogP contribution in [0.25, 0.3) is 0 Å². The number of amides is 1. The Hall–Kier alpha value is -1.72. The fraction of sp³-hybridized carbons (Fsp3) is 0.474. The standard InChI is InChI=1S/C19H26N2O2S/c1-13(10-11-22)12-20-17(23)16-14(2)21-18(24-16)19(3,4)15-8-6-5-7-9-15/h5-9,13,22H,10-12H2,1-4H3,(H,20,23). The Morgan fingerprint density at radius 3 is 2.62 bits per heavy atom. The maximum atomic E-state index is 12.4. The first-order chi connectivity index (χ1) is 11.4. The second-order valence-corrected chi connectivity index (χ2v) is 7.75. The fourth-order valence-electron chi connectivity index (χ4n) is 2.52. The van der Waals surface area contributed by atoms with Gasteiger partial charge in [0.2, 0.25) is 0 Å². The van der Waals surface area contributed by atoms with Crippen molar-refractivity contribution in [1.82, 2.24) is 10.3 Å². The number of carbonyl (C=O) groups is 1. The number of aliphatic hydroxyl groups excluding tert-OH is 1. The van der Waals surface area contributed by atoms with Gasteiger partial charge in [0.25, 0.3) is 5.91 Å². The van der Waals surface area contributed by atoms with E-state index in [1.165, 1.54) is 16.9 Å². The first-order valence-electron chi connectivity index (χ1n) is 8.28. The molecule has 0 aliphatic rings. The Morgan fingerprint density at radius 2 is 2.00 bits per heavy atom. The maximum absolute atomic E-state index is 12.4. The summed E-state index contributed by atoms with van der Waals surface area (Å²) in [5.41, 5.74) is 1.72. The fourth-order valence-corrected chi connectivity index (χ4v) is 3.63. The molecule has 2 aromatic rings. The lowest BCUT2D eigenvalue weighted by molar-refractivity contribution is 0.0948. The summed E-state index contributed by atoms with van der Waals surface area (Å²) in [5, 5.41) is 12.8. The van der Waals surface area contributed by atoms with Gasteiger partial charge in [-0.05, 0) is 38.7 Å². The largest absolute Gasteiger partial charge is 0.396 e. The molecule has 5 heteroatoms. The van der Waals surface area contributed by atoms with Gasteiger partial charge < -0.3 is 10.4 Å². The lowest BCUT2D eigenvalue weighted by Gasteiger charge is -2.22. The molecule has 1 amide bonds. The van der Waals surface area contributed by atoms with E-state index in [2.05, 4.69) is 36.3 Å². The minimum absolute atomic E-state index is 0.0788. The van der Waals surface area contributed by atoms with Gasteiger partial charge >= 0.3 is 0 Å². The van der Waals surface area contributed by atoms with E-state index >= 15 is 0 Å². The van der Waals surface area contributed by atoms with Crippen LogP contribution in [-0.4, -0.2) is 29.1 Å². The van der Waals surface area contributed by atoms with Gasteiger partial charge in [-0.25, -0.2) is 4.98 Å². The van der Waals surface area contributed by atoms with Crippen LogP contribution in [0.5, 0.6) is 0 Å². The molecule has 0 spiro atoms. The number of thiazole rings is 1. The molecule has 2 N–H and O–H groups in total. The molecule has 0 fully saturated rings. The highest BCUT2D eigenvalue weighted by Gasteiger charge is 2.29. The van der Waals surface area contributed by atoms with Gasteiger partial charge in [-0.2, -0.15) is 0 Å². The van der Waals surface area contributed by atoms with Crippen molar-refractivity contribution in [3.63, 3.8) is 0 Å². The van der Waals surface area contributed by atoms with Gasteiger partial charge in [-0.15, -0.1) is 11.3 Å². The molecule has 1 atom stereocenters. The number of aryl methyl sites for hydroxylation is 1. The molecular formula is C19H26N2O2S. The normalized spacial score (nSPS) is 12.9. The highest BCUT2D eigenvalue weighted by molar-refractivity contribution is 7.14. The zero-order valence-electron chi connectivity index (χ0n) is 14.8. The van der Waals surface area contributed by atoms with Crippen LogP contribution in [0, 0.1) is 12.8 Å². The minimum Gasteiger partial charge on any atom is -0.396 e. The number of carbonyl (C=O) groups excluding carboxylic acids is 1. The minimum atomic E-state index is -0.237. The van der Waals surface area contributed by atoms with Gasteiger partial charge in [0, 0.05) is 18.6 Å². The van der Waals surface area contributed by atoms with Gasteiger partial charge in [0.1, 0.15) is 9.88 Å². The van der Waals surface area contributed by atoms with Crippen molar-refractivity contribution >= 4 is 17.2 Å². The summed E-state index contributed by atoms with van der Waals surface area (Å²) in [7, 11) is 0. The van der Waals surface area contributed by atoms with E-state index in [0.717, 1.165) is 10.7 Å². The summed E-state index contributed by atoms with van der Waals surface area (Å²) >= 11 is 1.46. The van der Waals surface area contributed by atoms with Crippen LogP contribution in [0.3, 0.4) is 0 Å². The second kappa shape index (κ2) is 7.90. The molecule has 0 saturated carbocycles. The molecule has 24 heavy (non-hydrogen) atoms. The van der Waals surface area contributed by atoms with Crippen LogP contribution in [0.1, 0.15) is 53.1 Å². The van der Waals surface area contributed by atoms with Gasteiger partial charge in [-0.1, -0.05) is 37.3 Å². The number of rotatable bonds is 7. The van der Waals surface area contributed by atoms with Crippen molar-refractivity contribution in [2.75, 3.05) is 13.2 Å². The summed E-state index contributed by atoms with van der Waals surface area (Å²) in [6.45, 7) is 8.87. The van der Waals surface area contributed by atoms with Crippen LogP contribution in [0.4, 0.5) is 0 Å². The van der Waals surface area contributed by atoms with Crippen LogP contribution < -0.4 is 5.32 Å². The van der Waals surface area contributed by atoms with Crippen molar-refractivity contribution in [2.24, 2.45) is 5.92 Å². The van der Waals surface area contributed by atoms with Crippen molar-refractivity contribution < 1.29 is 9.90 Å². The van der Waals surface area contributed by atoms with Crippen LogP contribution in [-0.2, 0) is 5.41 Å². The van der Waals surface area contributed by atoms with Gasteiger partial charge in [-0.3, -0.25) is 4.79 Å². The predicted octanol–water partition coefficient (Wildman–Crippen LogP) is 3.53. The summed E-state index contributed by atoms with van der Waals surface area (Å²) < 4.78 is 0. The number of nitrogens with zero attached hydrogens (tertiary/aromatic N) is 1. The molecule has 1 aromatic carbocycles. The number of aliphatic hydroxyl groups is 1. The van der Waals surface area contributed by atoms with E-state index < -0.39 is 0 Å². The Labute approximate surface area is 148 Å². The molecule has 130 valence electrons. The average Bonchev–Trinajstić information content (AvgIpc) is 2.96. The highest BCUT2D eigenvalue weighted by Crippen LogP contribution is 2.35. The maximum Gasteiger partial charge on any atom is 0.263 e. The Balaban J connectivity index is 2.16. The summed E-state index contributed by atoms with van der Waals surface area (Å²) in [6.07, 6.45) is 0.689. The molecule has 0 radical (unpaired) electrons. The molecular weight excluding hydrogens is 320 g/mol. The first-order valence-corrected chi connectivity index (χ1v) is 9.10. The Kier molecular flexibility index (Phi) is 6.13. The van der Waals surface area contributed by atoms with E-state index in [1.807, 2.05) is 32.0 Å². The monoisotopic (exact) mass is 346 g/mol. The van der Waals surface area contributed by atoms with Crippen molar-refractivity contribution in [1.29, 1.82) is 0 Å². The first kappa shape index (κ1) is 18.6. The smallest absolute Gasteiger partial charge is 0.263 e. The molecule has 0 aliphatic heterocycles. The average molecular weight is 346 g/mol. The topological polar surface area (TPSA) is 62.2 Å². The summed E-state index contributed by atoms with van der Waals surface area (Å²) in [6, 6.07) is 10.2. The molecule has 0 saturated heterocycles. The van der Waals surface area contributed by atoms with Gasteiger partial charge in [0.05, 0.1) is 5.69 Å². The van der Waals surface area contributed by atoms with Crippen LogP contribution >= 0.6 is 11.3 Å². The highest BCUT2D eigenvalue weighted by atomic mass is 32.1. The van der Waals surface area contributed by atoms with E-state index in [0.29, 0.717) is 17.8 Å². The number of aromatic nitrogens is 1. The molecule has 0 aliphatic carbocycles.